The fourth-order valence-corrected chi connectivity index (χ4v) is 6.40. The molecule has 3 aromatic rings. The molecule has 0 bridgehead atoms. The lowest BCUT2D eigenvalue weighted by Gasteiger charge is -2.44. The van der Waals surface area contributed by atoms with Crippen molar-refractivity contribution < 1.29 is 23.9 Å². The second-order valence-electron chi connectivity index (χ2n) is 14.8. The summed E-state index contributed by atoms with van der Waals surface area (Å²) in [5.74, 6) is -1.26. The lowest BCUT2D eigenvalue weighted by Crippen LogP contribution is -2.70. The van der Waals surface area contributed by atoms with Gasteiger partial charge in [-0.2, -0.15) is 0 Å². The first-order valence-corrected chi connectivity index (χ1v) is 17.7. The van der Waals surface area contributed by atoms with Gasteiger partial charge in [-0.25, -0.2) is 0 Å². The van der Waals surface area contributed by atoms with Crippen molar-refractivity contribution in [3.05, 3.63) is 107 Å². The van der Waals surface area contributed by atoms with Crippen LogP contribution in [-0.2, 0) is 32.0 Å². The normalized spacial score (nSPS) is 17.6. The Morgan fingerprint density at radius 3 is 2.20 bits per heavy atom. The number of ether oxygens (including phenoxy) is 1. The summed E-state index contributed by atoms with van der Waals surface area (Å²) in [7, 11) is 0. The van der Waals surface area contributed by atoms with Crippen LogP contribution in [-0.4, -0.2) is 67.6 Å². The second-order valence-corrected chi connectivity index (χ2v) is 14.8. The predicted octanol–water partition coefficient (Wildman–Crippen LogP) is 4.01. The van der Waals surface area contributed by atoms with Gasteiger partial charge >= 0.3 is 0 Å². The molecule has 1 aliphatic carbocycles. The van der Waals surface area contributed by atoms with Crippen molar-refractivity contribution >= 4 is 23.6 Å². The van der Waals surface area contributed by atoms with Crippen molar-refractivity contribution in [2.75, 3.05) is 26.3 Å². The number of carbonyl (C=O) groups is 4. The topological polar surface area (TPSA) is 138 Å². The van der Waals surface area contributed by atoms with Crippen molar-refractivity contribution in [1.82, 2.24) is 26.6 Å². The molecule has 1 fully saturated rings. The molecule has 0 radical (unpaired) electrons. The summed E-state index contributed by atoms with van der Waals surface area (Å²) < 4.78 is 5.56. The van der Waals surface area contributed by atoms with E-state index in [0.717, 1.165) is 30.4 Å². The number of fused-ring (bicyclic) bond motifs is 1. The number of hydrogen-bond donors (Lipinski definition) is 5. The van der Waals surface area contributed by atoms with Crippen LogP contribution in [0.2, 0.25) is 0 Å². The highest BCUT2D eigenvalue weighted by molar-refractivity contribution is 5.94. The van der Waals surface area contributed by atoms with Gasteiger partial charge in [0.15, 0.2) is 0 Å². The van der Waals surface area contributed by atoms with Crippen LogP contribution in [0.25, 0.3) is 0 Å². The monoisotopic (exact) mass is 681 g/mol. The zero-order valence-electron chi connectivity index (χ0n) is 29.4. The first-order valence-electron chi connectivity index (χ1n) is 17.7. The molecule has 50 heavy (non-hydrogen) atoms. The molecular weight excluding hydrogens is 630 g/mol. The van der Waals surface area contributed by atoms with Crippen molar-refractivity contribution in [1.29, 1.82) is 0 Å². The minimum absolute atomic E-state index is 0.149. The summed E-state index contributed by atoms with van der Waals surface area (Å²) in [6.45, 7) is 7.17. The third-order valence-corrected chi connectivity index (χ3v) is 9.27. The fraction of sp³-hybridized carbons (Fsp3) is 0.450. The lowest BCUT2D eigenvalue weighted by molar-refractivity contribution is -0.135. The quantitative estimate of drug-likeness (QED) is 0.165. The molecule has 0 aromatic heterocycles. The first-order chi connectivity index (χ1) is 24.0. The molecule has 1 heterocycles. The van der Waals surface area contributed by atoms with Crippen LogP contribution in [0.4, 0.5) is 0 Å². The number of aryl methyl sites for hydroxylation is 2. The van der Waals surface area contributed by atoms with E-state index in [1.807, 2.05) is 69.3 Å². The van der Waals surface area contributed by atoms with Gasteiger partial charge in [0.05, 0.1) is 37.3 Å². The van der Waals surface area contributed by atoms with E-state index in [2.05, 4.69) is 38.7 Å². The summed E-state index contributed by atoms with van der Waals surface area (Å²) in [5.41, 5.74) is 2.99. The van der Waals surface area contributed by atoms with E-state index in [0.29, 0.717) is 24.9 Å². The Balaban J connectivity index is 1.33. The van der Waals surface area contributed by atoms with Gasteiger partial charge in [0.25, 0.3) is 5.91 Å². The minimum Gasteiger partial charge on any atom is -0.377 e. The molecule has 266 valence electrons. The Bertz CT molecular complexity index is 1600. The van der Waals surface area contributed by atoms with E-state index in [9.17, 15) is 19.2 Å². The SMILES string of the molecule is CC(C)(C)CNC(=O)CC(NC1(CNC(=O)c2ccccc2)COC1)C(=O)NC(CCc1ccccc1)C(=O)N[C@@H]1CCCc2ccccc21. The highest BCUT2D eigenvalue weighted by atomic mass is 16.5. The first kappa shape index (κ1) is 36.7. The molecular formula is C40H51N5O5. The number of hydrogen-bond acceptors (Lipinski definition) is 6. The van der Waals surface area contributed by atoms with Gasteiger partial charge in [0, 0.05) is 18.7 Å². The Kier molecular flexibility index (Phi) is 12.4. The molecule has 5 N–H and O–H groups in total. The van der Waals surface area contributed by atoms with Crippen LogP contribution >= 0.6 is 0 Å². The Morgan fingerprint density at radius 2 is 1.52 bits per heavy atom. The largest absolute Gasteiger partial charge is 0.377 e. The summed E-state index contributed by atoms with van der Waals surface area (Å²) in [4.78, 5) is 54.4. The molecule has 1 aliphatic heterocycles. The van der Waals surface area contributed by atoms with Gasteiger partial charge in [-0.1, -0.05) is 93.6 Å². The highest BCUT2D eigenvalue weighted by Gasteiger charge is 2.43. The molecule has 3 aromatic carbocycles. The van der Waals surface area contributed by atoms with Crippen LogP contribution in [0.15, 0.2) is 84.9 Å². The molecule has 10 heteroatoms. The van der Waals surface area contributed by atoms with E-state index in [1.165, 1.54) is 5.56 Å². The summed E-state index contributed by atoms with van der Waals surface area (Å²) in [6, 6.07) is 24.9. The minimum atomic E-state index is -0.991. The Hall–Kier alpha value is -4.54. The number of rotatable bonds is 15. The highest BCUT2D eigenvalue weighted by Crippen LogP contribution is 2.29. The van der Waals surface area contributed by atoms with Gasteiger partial charge in [0.1, 0.15) is 6.04 Å². The number of benzene rings is 3. The number of nitrogens with one attached hydrogen (secondary N) is 5. The number of amides is 4. The molecule has 1 saturated heterocycles. The average molecular weight is 682 g/mol. The summed E-state index contributed by atoms with van der Waals surface area (Å²) in [6.07, 6.45) is 3.55. The molecule has 5 rings (SSSR count). The van der Waals surface area contributed by atoms with Crippen LogP contribution in [0.3, 0.4) is 0 Å². The summed E-state index contributed by atoms with van der Waals surface area (Å²) in [5, 5.41) is 15.5. The zero-order chi connectivity index (χ0) is 35.6. The summed E-state index contributed by atoms with van der Waals surface area (Å²) >= 11 is 0. The molecule has 4 amide bonds. The van der Waals surface area contributed by atoms with Gasteiger partial charge in [-0.05, 0) is 66.3 Å². The Labute approximate surface area is 295 Å². The molecule has 2 unspecified atom stereocenters. The fourth-order valence-electron chi connectivity index (χ4n) is 6.40. The van der Waals surface area contributed by atoms with Crippen molar-refractivity contribution in [3.63, 3.8) is 0 Å². The maximum atomic E-state index is 14.2. The van der Waals surface area contributed by atoms with E-state index in [4.69, 9.17) is 4.74 Å². The van der Waals surface area contributed by atoms with Crippen molar-refractivity contribution in [3.8, 4) is 0 Å². The Morgan fingerprint density at radius 1 is 0.840 bits per heavy atom. The van der Waals surface area contributed by atoms with Crippen molar-refractivity contribution in [2.24, 2.45) is 5.41 Å². The smallest absolute Gasteiger partial charge is 0.251 e. The third-order valence-electron chi connectivity index (χ3n) is 9.27. The van der Waals surface area contributed by atoms with Crippen LogP contribution in [0.1, 0.15) is 79.5 Å². The molecule has 0 spiro atoms. The molecule has 10 nitrogen and oxygen atoms in total. The van der Waals surface area contributed by atoms with Crippen LogP contribution in [0.5, 0.6) is 0 Å². The molecule has 0 saturated carbocycles. The third kappa shape index (κ3) is 10.5. The zero-order valence-corrected chi connectivity index (χ0v) is 29.4. The average Bonchev–Trinajstić information content (AvgIpc) is 3.10. The van der Waals surface area contributed by atoms with Gasteiger partial charge in [0.2, 0.25) is 17.7 Å². The van der Waals surface area contributed by atoms with E-state index in [1.54, 1.807) is 24.3 Å². The van der Waals surface area contributed by atoms with Gasteiger partial charge < -0.3 is 26.0 Å². The predicted molar refractivity (Wildman–Crippen MR) is 193 cm³/mol. The van der Waals surface area contributed by atoms with E-state index in [-0.39, 0.29) is 55.4 Å². The van der Waals surface area contributed by atoms with Gasteiger partial charge in [-0.3, -0.25) is 24.5 Å². The van der Waals surface area contributed by atoms with E-state index >= 15 is 0 Å². The number of carbonyl (C=O) groups excluding carboxylic acids is 4. The second kappa shape index (κ2) is 16.9. The molecule has 2 aliphatic rings. The van der Waals surface area contributed by atoms with Gasteiger partial charge in [-0.15, -0.1) is 0 Å². The lowest BCUT2D eigenvalue weighted by atomic mass is 9.87. The molecule has 3 atom stereocenters. The van der Waals surface area contributed by atoms with Crippen molar-refractivity contribution in [2.45, 2.75) is 83.0 Å². The van der Waals surface area contributed by atoms with Crippen LogP contribution in [0, 0.1) is 5.41 Å². The van der Waals surface area contributed by atoms with Crippen LogP contribution < -0.4 is 26.6 Å². The maximum Gasteiger partial charge on any atom is 0.251 e. The standard InChI is InChI=1S/C40H51N5O5/c1-39(2,3)24-41-35(46)23-34(45-40(26-50-27-40)25-42-36(47)30-16-8-5-9-17-30)38(49)44-33(22-21-28-13-6-4-7-14-28)37(48)43-32-20-12-18-29-15-10-11-19-31(29)32/h4-11,13-17,19,32-34,45H,12,18,20-27H2,1-3H3,(H,41,46)(H,42,47)(H,43,48)(H,44,49)/t32-,33?,34?/m1/s1. The maximum absolute atomic E-state index is 14.2. The van der Waals surface area contributed by atoms with E-state index < -0.39 is 23.5 Å².